The van der Waals surface area contributed by atoms with Gasteiger partial charge in [-0.1, -0.05) is 13.8 Å². The Hall–Kier alpha value is -2.04. The lowest BCUT2D eigenvalue weighted by Crippen LogP contribution is -2.43. The van der Waals surface area contributed by atoms with E-state index >= 15 is 0 Å². The highest BCUT2D eigenvalue weighted by molar-refractivity contribution is 5.91. The highest BCUT2D eigenvalue weighted by Gasteiger charge is 2.25. The van der Waals surface area contributed by atoms with E-state index in [2.05, 4.69) is 4.74 Å². The predicted molar refractivity (Wildman–Crippen MR) is 83.9 cm³/mol. The van der Waals surface area contributed by atoms with Gasteiger partial charge < -0.3 is 32.4 Å². The van der Waals surface area contributed by atoms with Gasteiger partial charge in [-0.25, -0.2) is 9.59 Å². The third-order valence-electron chi connectivity index (χ3n) is 2.94. The number of carbonyl (C=O) groups is 4. The van der Waals surface area contributed by atoms with Crippen molar-refractivity contribution in [2.45, 2.75) is 51.2 Å². The normalized spacial score (nSPS) is 14.6. The van der Waals surface area contributed by atoms with Gasteiger partial charge in [0.05, 0.1) is 0 Å². The zero-order chi connectivity index (χ0) is 18.9. The molecule has 3 atom stereocenters. The molecule has 0 heterocycles. The second kappa shape index (κ2) is 10.7. The van der Waals surface area contributed by atoms with E-state index in [4.69, 9.17) is 27.7 Å². The minimum Gasteiger partial charge on any atom is -0.462 e. The summed E-state index contributed by atoms with van der Waals surface area (Å²) in [6.07, 6.45) is 0.239. The molecule has 0 aromatic heterocycles. The van der Waals surface area contributed by atoms with Crippen LogP contribution in [0.2, 0.25) is 0 Å². The quantitative estimate of drug-likeness (QED) is 0.253. The Kier molecular flexibility index (Phi) is 9.77. The summed E-state index contributed by atoms with van der Waals surface area (Å²) >= 11 is 0. The Labute approximate surface area is 140 Å². The summed E-state index contributed by atoms with van der Waals surface area (Å²) in [5.41, 5.74) is 21.5. The molecule has 0 spiro atoms. The molecule has 0 fully saturated rings. The van der Waals surface area contributed by atoms with Crippen LogP contribution >= 0.6 is 0 Å². The Morgan fingerprint density at radius 3 is 1.92 bits per heavy atom. The first kappa shape index (κ1) is 22.0. The Balaban J connectivity index is 4.25. The van der Waals surface area contributed by atoms with Crippen LogP contribution in [0.25, 0.3) is 0 Å². The summed E-state index contributed by atoms with van der Waals surface area (Å²) in [7, 11) is 0. The van der Waals surface area contributed by atoms with Gasteiger partial charge in [-0.15, -0.1) is 0 Å². The molecule has 10 heteroatoms. The van der Waals surface area contributed by atoms with Gasteiger partial charge in [-0.05, 0) is 18.8 Å². The summed E-state index contributed by atoms with van der Waals surface area (Å²) < 4.78 is 9.28. The summed E-state index contributed by atoms with van der Waals surface area (Å²) in [6.45, 7) is 3.31. The van der Waals surface area contributed by atoms with E-state index in [1.165, 1.54) is 0 Å². The van der Waals surface area contributed by atoms with Crippen LogP contribution in [0, 0.1) is 5.92 Å². The predicted octanol–water partition coefficient (Wildman–Crippen LogP) is -2.11. The standard InChI is InChI=1S/C14H26N4O6/c1-7(2)5-9(16)12(20)23-6-10(17)14(22)24-13(21)8(15)3-4-11(18)19/h7-10H,3-6,15-17H2,1-2H3,(H2,18,19)/t8-,9-,10-/m0/s1. The number of hydrogen-bond acceptors (Lipinski definition) is 9. The first-order chi connectivity index (χ1) is 11.0. The minimum atomic E-state index is -1.35. The van der Waals surface area contributed by atoms with E-state index in [0.29, 0.717) is 6.42 Å². The summed E-state index contributed by atoms with van der Waals surface area (Å²) in [5.74, 6) is -3.27. The van der Waals surface area contributed by atoms with E-state index in [-0.39, 0.29) is 18.8 Å². The van der Waals surface area contributed by atoms with Crippen LogP contribution in [0.15, 0.2) is 0 Å². The topological polar surface area (TPSA) is 191 Å². The number of hydrogen-bond donors (Lipinski definition) is 4. The van der Waals surface area contributed by atoms with Crippen molar-refractivity contribution in [3.8, 4) is 0 Å². The Morgan fingerprint density at radius 2 is 1.42 bits per heavy atom. The molecule has 8 N–H and O–H groups in total. The largest absolute Gasteiger partial charge is 0.462 e. The Morgan fingerprint density at radius 1 is 0.875 bits per heavy atom. The molecule has 0 aromatic rings. The third kappa shape index (κ3) is 9.18. The number of esters is 3. The second-order valence-electron chi connectivity index (χ2n) is 5.82. The van der Waals surface area contributed by atoms with Gasteiger partial charge in [-0.2, -0.15) is 0 Å². The molecule has 0 aromatic carbocycles. The smallest absolute Gasteiger partial charge is 0.334 e. The highest BCUT2D eigenvalue weighted by atomic mass is 16.6. The summed E-state index contributed by atoms with van der Waals surface area (Å²) in [4.78, 5) is 45.3. The average molecular weight is 346 g/mol. The minimum absolute atomic E-state index is 0.0598. The van der Waals surface area contributed by atoms with Crippen LogP contribution in [-0.4, -0.2) is 48.5 Å². The van der Waals surface area contributed by atoms with Gasteiger partial charge in [-0.3, -0.25) is 9.59 Å². The van der Waals surface area contributed by atoms with Crippen molar-refractivity contribution in [3.63, 3.8) is 0 Å². The lowest BCUT2D eigenvalue weighted by atomic mass is 10.1. The number of primary amides is 1. The van der Waals surface area contributed by atoms with Crippen molar-refractivity contribution in [2.75, 3.05) is 6.61 Å². The molecule has 0 radical (unpaired) electrons. The SMILES string of the molecule is CC(C)C[C@H](N)C(=O)OC[C@H](N)C(=O)OC(=O)[C@@H](N)CCC(N)=O. The maximum Gasteiger partial charge on any atom is 0.334 e. The maximum absolute atomic E-state index is 11.6. The molecule has 0 bridgehead atoms. The first-order valence-electron chi connectivity index (χ1n) is 7.51. The van der Waals surface area contributed by atoms with Crippen LogP contribution in [0.4, 0.5) is 0 Å². The van der Waals surface area contributed by atoms with Crippen LogP contribution in [0.1, 0.15) is 33.1 Å². The van der Waals surface area contributed by atoms with Crippen molar-refractivity contribution < 1.29 is 28.7 Å². The van der Waals surface area contributed by atoms with Gasteiger partial charge in [0.2, 0.25) is 5.91 Å². The van der Waals surface area contributed by atoms with Gasteiger partial charge in [0, 0.05) is 6.42 Å². The van der Waals surface area contributed by atoms with E-state index in [0.717, 1.165) is 0 Å². The van der Waals surface area contributed by atoms with Crippen molar-refractivity contribution in [1.82, 2.24) is 0 Å². The Bertz CT molecular complexity index is 468. The van der Waals surface area contributed by atoms with Crippen LogP contribution in [0.5, 0.6) is 0 Å². The lowest BCUT2D eigenvalue weighted by molar-refractivity contribution is -0.163. The molecule has 0 aliphatic carbocycles. The molecule has 0 aliphatic heterocycles. The maximum atomic E-state index is 11.6. The summed E-state index contributed by atoms with van der Waals surface area (Å²) in [5, 5.41) is 0. The van der Waals surface area contributed by atoms with E-state index < -0.39 is 48.5 Å². The fourth-order valence-corrected chi connectivity index (χ4v) is 1.62. The van der Waals surface area contributed by atoms with E-state index in [1.54, 1.807) is 0 Å². The second-order valence-corrected chi connectivity index (χ2v) is 5.82. The van der Waals surface area contributed by atoms with Crippen molar-refractivity contribution >= 4 is 23.8 Å². The molecule has 0 rings (SSSR count). The van der Waals surface area contributed by atoms with Gasteiger partial charge in [0.15, 0.2) is 0 Å². The summed E-state index contributed by atoms with van der Waals surface area (Å²) in [6, 6.07) is -3.36. The molecule has 0 saturated heterocycles. The van der Waals surface area contributed by atoms with Gasteiger partial charge >= 0.3 is 17.9 Å². The van der Waals surface area contributed by atoms with Crippen molar-refractivity contribution in [2.24, 2.45) is 28.9 Å². The number of nitrogens with two attached hydrogens (primary N) is 4. The molecular formula is C14H26N4O6. The molecule has 10 nitrogen and oxygen atoms in total. The fourth-order valence-electron chi connectivity index (χ4n) is 1.62. The molecule has 0 unspecified atom stereocenters. The first-order valence-corrected chi connectivity index (χ1v) is 7.51. The van der Waals surface area contributed by atoms with E-state index in [9.17, 15) is 19.2 Å². The number of amides is 1. The average Bonchev–Trinajstić information content (AvgIpc) is 2.48. The van der Waals surface area contributed by atoms with Crippen molar-refractivity contribution in [3.05, 3.63) is 0 Å². The van der Waals surface area contributed by atoms with Crippen molar-refractivity contribution in [1.29, 1.82) is 0 Å². The van der Waals surface area contributed by atoms with Gasteiger partial charge in [0.25, 0.3) is 0 Å². The number of carbonyl (C=O) groups excluding carboxylic acids is 4. The molecular weight excluding hydrogens is 320 g/mol. The zero-order valence-electron chi connectivity index (χ0n) is 13.9. The highest BCUT2D eigenvalue weighted by Crippen LogP contribution is 2.04. The van der Waals surface area contributed by atoms with E-state index in [1.807, 2.05) is 13.8 Å². The fraction of sp³-hybridized carbons (Fsp3) is 0.714. The molecule has 1 amide bonds. The number of rotatable bonds is 10. The molecule has 138 valence electrons. The zero-order valence-corrected chi connectivity index (χ0v) is 13.9. The number of ether oxygens (including phenoxy) is 2. The van der Waals surface area contributed by atoms with Crippen LogP contribution < -0.4 is 22.9 Å². The van der Waals surface area contributed by atoms with Crippen LogP contribution in [0.3, 0.4) is 0 Å². The van der Waals surface area contributed by atoms with Crippen LogP contribution in [-0.2, 0) is 28.7 Å². The lowest BCUT2D eigenvalue weighted by Gasteiger charge is -2.16. The molecule has 0 aliphatic rings. The monoisotopic (exact) mass is 346 g/mol. The molecule has 24 heavy (non-hydrogen) atoms. The molecule has 0 saturated carbocycles. The third-order valence-corrected chi connectivity index (χ3v) is 2.94. The van der Waals surface area contributed by atoms with Gasteiger partial charge in [0.1, 0.15) is 24.7 Å².